The second-order valence-corrected chi connectivity index (χ2v) is 7.31. The molecular weight excluding hydrogens is 280 g/mol. The van der Waals surface area contributed by atoms with Crippen LogP contribution < -0.4 is 0 Å². The van der Waals surface area contributed by atoms with Crippen LogP contribution >= 0.6 is 22.7 Å². The van der Waals surface area contributed by atoms with E-state index in [4.69, 9.17) is 0 Å². The largest absolute Gasteiger partial charge is 0.478 e. The molecule has 2 aromatic heterocycles. The Morgan fingerprint density at radius 2 is 1.53 bits per heavy atom. The Labute approximate surface area is 119 Å². The van der Waals surface area contributed by atoms with Crippen LogP contribution in [-0.4, -0.2) is 16.9 Å². The number of carbonyl (C=O) groups is 2. The summed E-state index contributed by atoms with van der Waals surface area (Å²) in [5, 5.41) is 9.29. The van der Waals surface area contributed by atoms with Crippen molar-refractivity contribution in [2.45, 2.75) is 27.7 Å². The first-order chi connectivity index (χ1) is 8.82. The monoisotopic (exact) mass is 294 g/mol. The molecule has 19 heavy (non-hydrogen) atoms. The molecule has 0 aromatic carbocycles. The summed E-state index contributed by atoms with van der Waals surface area (Å²) >= 11 is 2.92. The van der Waals surface area contributed by atoms with E-state index in [2.05, 4.69) is 0 Å². The van der Waals surface area contributed by atoms with E-state index in [9.17, 15) is 14.7 Å². The molecule has 0 aliphatic heterocycles. The highest BCUT2D eigenvalue weighted by atomic mass is 32.1. The molecule has 0 aliphatic rings. The lowest BCUT2D eigenvalue weighted by Gasteiger charge is -2.02. The highest BCUT2D eigenvalue weighted by Gasteiger charge is 2.26. The van der Waals surface area contributed by atoms with E-state index in [-0.39, 0.29) is 11.3 Å². The van der Waals surface area contributed by atoms with Crippen LogP contribution in [-0.2, 0) is 0 Å². The van der Waals surface area contributed by atoms with Crippen LogP contribution in [0.3, 0.4) is 0 Å². The maximum atomic E-state index is 12.6. The van der Waals surface area contributed by atoms with Gasteiger partial charge in [0.25, 0.3) is 0 Å². The minimum atomic E-state index is -1.03. The number of aromatic carboxylic acids is 1. The molecule has 0 spiro atoms. The third-order valence-electron chi connectivity index (χ3n) is 2.99. The molecule has 0 unspecified atom stereocenters. The molecule has 0 radical (unpaired) electrons. The lowest BCUT2D eigenvalue weighted by atomic mass is 9.99. The number of aryl methyl sites for hydroxylation is 4. The highest BCUT2D eigenvalue weighted by molar-refractivity contribution is 7.13. The van der Waals surface area contributed by atoms with Crippen molar-refractivity contribution in [3.63, 3.8) is 0 Å². The van der Waals surface area contributed by atoms with Gasteiger partial charge in [-0.1, -0.05) is 0 Å². The van der Waals surface area contributed by atoms with Gasteiger partial charge in [-0.25, -0.2) is 4.79 Å². The van der Waals surface area contributed by atoms with Crippen LogP contribution in [0.5, 0.6) is 0 Å². The fourth-order valence-electron chi connectivity index (χ4n) is 2.21. The second kappa shape index (κ2) is 4.90. The number of rotatable bonds is 3. The predicted octanol–water partition coefficient (Wildman–Crippen LogP) is 3.97. The van der Waals surface area contributed by atoms with Crippen LogP contribution in [0.25, 0.3) is 0 Å². The van der Waals surface area contributed by atoms with Gasteiger partial charge in [0.15, 0.2) is 5.78 Å². The van der Waals surface area contributed by atoms with Crippen molar-refractivity contribution in [1.82, 2.24) is 0 Å². The summed E-state index contributed by atoms with van der Waals surface area (Å²) < 4.78 is 0. The van der Waals surface area contributed by atoms with Gasteiger partial charge in [0.05, 0.1) is 11.1 Å². The van der Waals surface area contributed by atoms with Crippen molar-refractivity contribution in [1.29, 1.82) is 0 Å². The topological polar surface area (TPSA) is 54.4 Å². The van der Waals surface area contributed by atoms with E-state index in [0.717, 1.165) is 14.6 Å². The van der Waals surface area contributed by atoms with Gasteiger partial charge in [-0.15, -0.1) is 22.7 Å². The minimum Gasteiger partial charge on any atom is -0.478 e. The maximum absolute atomic E-state index is 12.6. The van der Waals surface area contributed by atoms with E-state index < -0.39 is 5.97 Å². The number of carbonyl (C=O) groups excluding carboxylic acids is 1. The number of thiophene rings is 2. The fraction of sp³-hybridized carbons (Fsp3) is 0.286. The molecule has 0 saturated carbocycles. The normalized spacial score (nSPS) is 10.7. The zero-order valence-electron chi connectivity index (χ0n) is 11.2. The van der Waals surface area contributed by atoms with E-state index in [1.54, 1.807) is 25.2 Å². The quantitative estimate of drug-likeness (QED) is 0.871. The SMILES string of the molecule is Cc1cc(C(=O)c2c(C)sc(C)c2C(=O)O)c(C)s1. The summed E-state index contributed by atoms with van der Waals surface area (Å²) in [6.45, 7) is 7.37. The van der Waals surface area contributed by atoms with Gasteiger partial charge >= 0.3 is 5.97 Å². The first-order valence-corrected chi connectivity index (χ1v) is 7.41. The molecular formula is C14H14O3S2. The van der Waals surface area contributed by atoms with Crippen molar-refractivity contribution in [3.8, 4) is 0 Å². The Morgan fingerprint density at radius 1 is 0.947 bits per heavy atom. The Bertz CT molecular complexity index is 677. The van der Waals surface area contributed by atoms with Gasteiger partial charge < -0.3 is 5.11 Å². The van der Waals surface area contributed by atoms with Crippen molar-refractivity contribution < 1.29 is 14.7 Å². The highest BCUT2D eigenvalue weighted by Crippen LogP contribution is 2.32. The van der Waals surface area contributed by atoms with Crippen LogP contribution in [0.15, 0.2) is 6.07 Å². The zero-order valence-corrected chi connectivity index (χ0v) is 12.8. The summed E-state index contributed by atoms with van der Waals surface area (Å²) in [5.41, 5.74) is 1.11. The van der Waals surface area contributed by atoms with E-state index in [0.29, 0.717) is 16.0 Å². The number of carboxylic acid groups (broad SMARTS) is 1. The minimum absolute atomic E-state index is 0.149. The molecule has 0 saturated heterocycles. The summed E-state index contributed by atoms with van der Waals surface area (Å²) in [7, 11) is 0. The molecule has 2 heterocycles. The number of hydrogen-bond donors (Lipinski definition) is 1. The van der Waals surface area contributed by atoms with Gasteiger partial charge in [-0.05, 0) is 33.8 Å². The van der Waals surface area contributed by atoms with Crippen LogP contribution in [0.1, 0.15) is 45.8 Å². The molecule has 1 N–H and O–H groups in total. The van der Waals surface area contributed by atoms with Crippen molar-refractivity contribution in [2.75, 3.05) is 0 Å². The van der Waals surface area contributed by atoms with Gasteiger partial charge in [-0.2, -0.15) is 0 Å². The number of ketones is 1. The molecule has 0 atom stereocenters. The third kappa shape index (κ3) is 2.35. The zero-order chi connectivity index (χ0) is 14.3. The van der Waals surface area contributed by atoms with E-state index in [1.807, 2.05) is 19.9 Å². The molecule has 3 nitrogen and oxygen atoms in total. The molecule has 100 valence electrons. The Hall–Kier alpha value is -1.46. The summed E-state index contributed by atoms with van der Waals surface area (Å²) in [5.74, 6) is -1.21. The fourth-order valence-corrected chi connectivity index (χ4v) is 4.17. The second-order valence-electron chi connectivity index (χ2n) is 4.43. The van der Waals surface area contributed by atoms with Gasteiger partial charge in [0.1, 0.15) is 0 Å². The molecule has 0 fully saturated rings. The van der Waals surface area contributed by atoms with E-state index in [1.165, 1.54) is 11.3 Å². The lowest BCUT2D eigenvalue weighted by molar-refractivity contribution is 0.0692. The van der Waals surface area contributed by atoms with Gasteiger partial charge in [0, 0.05) is 25.1 Å². The average Bonchev–Trinajstić information content (AvgIpc) is 2.77. The summed E-state index contributed by atoms with van der Waals surface area (Å²) in [6.07, 6.45) is 0. The first kappa shape index (κ1) is 14.0. The van der Waals surface area contributed by atoms with Crippen LogP contribution in [0, 0.1) is 27.7 Å². The standard InChI is InChI=1S/C14H14O3S2/c1-6-5-10(7(2)18-6)13(15)11-8(3)19-9(4)12(11)14(16)17/h5H,1-4H3,(H,16,17). The van der Waals surface area contributed by atoms with Crippen LogP contribution in [0.4, 0.5) is 0 Å². The van der Waals surface area contributed by atoms with Gasteiger partial charge in [0.2, 0.25) is 0 Å². The molecule has 0 amide bonds. The smallest absolute Gasteiger partial charge is 0.337 e. The van der Waals surface area contributed by atoms with Crippen molar-refractivity contribution in [2.24, 2.45) is 0 Å². The summed E-state index contributed by atoms with van der Waals surface area (Å²) in [6, 6.07) is 1.83. The van der Waals surface area contributed by atoms with Crippen LogP contribution in [0.2, 0.25) is 0 Å². The first-order valence-electron chi connectivity index (χ1n) is 5.78. The van der Waals surface area contributed by atoms with Crippen molar-refractivity contribution in [3.05, 3.63) is 42.3 Å². The summed E-state index contributed by atoms with van der Waals surface area (Å²) in [4.78, 5) is 27.4. The predicted molar refractivity (Wildman–Crippen MR) is 78.0 cm³/mol. The molecule has 2 rings (SSSR count). The molecule has 2 aromatic rings. The molecule has 5 heteroatoms. The number of carboxylic acids is 1. The Balaban J connectivity index is 2.62. The average molecular weight is 294 g/mol. The maximum Gasteiger partial charge on any atom is 0.337 e. The molecule has 0 bridgehead atoms. The third-order valence-corrected chi connectivity index (χ3v) is 4.97. The lowest BCUT2D eigenvalue weighted by Crippen LogP contribution is -2.09. The Kier molecular flexibility index (Phi) is 3.60. The molecule has 0 aliphatic carbocycles. The van der Waals surface area contributed by atoms with Crippen molar-refractivity contribution >= 4 is 34.4 Å². The Morgan fingerprint density at radius 3 is 2.00 bits per heavy atom. The van der Waals surface area contributed by atoms with E-state index >= 15 is 0 Å². The number of hydrogen-bond acceptors (Lipinski definition) is 4. The van der Waals surface area contributed by atoms with Gasteiger partial charge in [-0.3, -0.25) is 4.79 Å².